The summed E-state index contributed by atoms with van der Waals surface area (Å²) in [5.74, 6) is 1.02. The van der Waals surface area contributed by atoms with Crippen LogP contribution in [0.2, 0.25) is 0 Å². The molecule has 0 radical (unpaired) electrons. The summed E-state index contributed by atoms with van der Waals surface area (Å²) in [7, 11) is 0. The molecular weight excluding hydrogens is 255 g/mol. The molecule has 0 bridgehead atoms. The van der Waals surface area contributed by atoms with Crippen LogP contribution in [0.5, 0.6) is 0 Å². The molecule has 4 nitrogen and oxygen atoms in total. The number of hydrogen-bond acceptors (Lipinski definition) is 4. The standard InChI is InChI=1S/C9H14F3N3OS/c1-17-5-2-7-13-8(6-9(10,11)12)15(14-7)3-4-16/h16H,2-6H2,1H3. The summed E-state index contributed by atoms with van der Waals surface area (Å²) in [6, 6.07) is 0. The van der Waals surface area contributed by atoms with Gasteiger partial charge in [-0.2, -0.15) is 30.0 Å². The van der Waals surface area contributed by atoms with E-state index in [0.29, 0.717) is 12.2 Å². The maximum Gasteiger partial charge on any atom is 0.396 e. The second-order valence-corrected chi connectivity index (χ2v) is 4.41. The first-order chi connectivity index (χ1) is 7.96. The number of halogens is 3. The highest BCUT2D eigenvalue weighted by Crippen LogP contribution is 2.20. The summed E-state index contributed by atoms with van der Waals surface area (Å²) in [4.78, 5) is 3.86. The summed E-state index contributed by atoms with van der Waals surface area (Å²) in [5.41, 5.74) is 0. The van der Waals surface area contributed by atoms with Crippen molar-refractivity contribution in [1.82, 2.24) is 14.8 Å². The fourth-order valence-corrected chi connectivity index (χ4v) is 1.70. The van der Waals surface area contributed by atoms with Gasteiger partial charge in [-0.1, -0.05) is 0 Å². The molecule has 0 saturated carbocycles. The van der Waals surface area contributed by atoms with E-state index in [1.54, 1.807) is 11.8 Å². The van der Waals surface area contributed by atoms with Crippen molar-refractivity contribution in [3.63, 3.8) is 0 Å². The Kier molecular flexibility index (Phi) is 5.26. The van der Waals surface area contributed by atoms with E-state index in [9.17, 15) is 13.2 Å². The van der Waals surface area contributed by atoms with Crippen LogP contribution in [0.3, 0.4) is 0 Å². The Hall–Kier alpha value is -0.760. The Morgan fingerprint density at radius 1 is 1.41 bits per heavy atom. The molecule has 0 aliphatic rings. The van der Waals surface area contributed by atoms with Gasteiger partial charge in [0, 0.05) is 12.2 Å². The lowest BCUT2D eigenvalue weighted by Crippen LogP contribution is -2.17. The number of aromatic nitrogens is 3. The van der Waals surface area contributed by atoms with E-state index in [1.807, 2.05) is 6.26 Å². The van der Waals surface area contributed by atoms with Gasteiger partial charge >= 0.3 is 6.18 Å². The molecule has 0 unspecified atom stereocenters. The third-order valence-corrected chi connectivity index (χ3v) is 2.60. The van der Waals surface area contributed by atoms with Crippen LogP contribution in [0.15, 0.2) is 0 Å². The molecule has 98 valence electrons. The van der Waals surface area contributed by atoms with Crippen molar-refractivity contribution in [2.75, 3.05) is 18.6 Å². The van der Waals surface area contributed by atoms with Crippen LogP contribution in [0.4, 0.5) is 13.2 Å². The van der Waals surface area contributed by atoms with Gasteiger partial charge in [0.1, 0.15) is 12.2 Å². The van der Waals surface area contributed by atoms with Gasteiger partial charge in [0.2, 0.25) is 0 Å². The average molecular weight is 269 g/mol. The predicted octanol–water partition coefficient (Wildman–Crippen LogP) is 1.28. The van der Waals surface area contributed by atoms with E-state index in [4.69, 9.17) is 5.11 Å². The number of nitrogens with zero attached hydrogens (tertiary/aromatic N) is 3. The Bertz CT molecular complexity index is 354. The molecule has 1 N–H and O–H groups in total. The summed E-state index contributed by atoms with van der Waals surface area (Å²) >= 11 is 1.58. The van der Waals surface area contributed by atoms with Crippen LogP contribution in [-0.4, -0.2) is 44.7 Å². The highest BCUT2D eigenvalue weighted by atomic mass is 32.2. The molecule has 0 spiro atoms. The van der Waals surface area contributed by atoms with Gasteiger partial charge in [0.25, 0.3) is 0 Å². The fraction of sp³-hybridized carbons (Fsp3) is 0.778. The van der Waals surface area contributed by atoms with Crippen LogP contribution in [0.25, 0.3) is 0 Å². The first-order valence-corrected chi connectivity index (χ1v) is 6.45. The minimum absolute atomic E-state index is 0.0394. The summed E-state index contributed by atoms with van der Waals surface area (Å²) in [5, 5.41) is 12.7. The third-order valence-electron chi connectivity index (χ3n) is 1.99. The predicted molar refractivity (Wildman–Crippen MR) is 59.0 cm³/mol. The molecule has 8 heteroatoms. The van der Waals surface area contributed by atoms with Gasteiger partial charge in [0.15, 0.2) is 5.82 Å². The van der Waals surface area contributed by atoms with Crippen molar-refractivity contribution >= 4 is 11.8 Å². The second-order valence-electron chi connectivity index (χ2n) is 3.43. The van der Waals surface area contributed by atoms with Crippen LogP contribution < -0.4 is 0 Å². The highest BCUT2D eigenvalue weighted by molar-refractivity contribution is 7.98. The van der Waals surface area contributed by atoms with E-state index in [-0.39, 0.29) is 19.0 Å². The first kappa shape index (κ1) is 14.3. The SMILES string of the molecule is CSCCc1nc(CC(F)(F)F)n(CCO)n1. The molecule has 0 aromatic carbocycles. The van der Waals surface area contributed by atoms with Crippen LogP contribution in [0, 0.1) is 0 Å². The molecule has 0 aliphatic carbocycles. The molecular formula is C9H14F3N3OS. The van der Waals surface area contributed by atoms with Crippen molar-refractivity contribution in [2.45, 2.75) is 25.6 Å². The van der Waals surface area contributed by atoms with Crippen LogP contribution in [-0.2, 0) is 19.4 Å². The number of thioether (sulfide) groups is 1. The zero-order valence-corrected chi connectivity index (χ0v) is 10.2. The lowest BCUT2D eigenvalue weighted by atomic mass is 10.4. The normalized spacial score (nSPS) is 12.1. The molecule has 0 fully saturated rings. The largest absolute Gasteiger partial charge is 0.396 e. The Labute approximate surface area is 101 Å². The van der Waals surface area contributed by atoms with Crippen molar-refractivity contribution in [3.8, 4) is 0 Å². The summed E-state index contributed by atoms with van der Waals surface area (Å²) in [6.45, 7) is -0.214. The highest BCUT2D eigenvalue weighted by Gasteiger charge is 2.31. The van der Waals surface area contributed by atoms with E-state index >= 15 is 0 Å². The van der Waals surface area contributed by atoms with Crippen molar-refractivity contribution in [3.05, 3.63) is 11.6 Å². The number of aliphatic hydroxyl groups excluding tert-OH is 1. The molecule has 1 rings (SSSR count). The Balaban J connectivity index is 2.81. The fourth-order valence-electron chi connectivity index (χ4n) is 1.31. The maximum atomic E-state index is 12.3. The molecule has 1 aromatic rings. The van der Waals surface area contributed by atoms with E-state index in [0.717, 1.165) is 10.4 Å². The summed E-state index contributed by atoms with van der Waals surface area (Å²) in [6.07, 6.45) is -2.98. The molecule has 17 heavy (non-hydrogen) atoms. The molecule has 1 aromatic heterocycles. The third kappa shape index (κ3) is 4.95. The second kappa shape index (κ2) is 6.25. The van der Waals surface area contributed by atoms with Gasteiger partial charge < -0.3 is 5.11 Å². The number of rotatable bonds is 6. The number of aliphatic hydroxyl groups is 1. The van der Waals surface area contributed by atoms with Gasteiger partial charge in [-0.05, 0) is 6.26 Å². The zero-order valence-electron chi connectivity index (χ0n) is 9.37. The minimum Gasteiger partial charge on any atom is -0.394 e. The quantitative estimate of drug-likeness (QED) is 0.845. The average Bonchev–Trinajstić information content (AvgIpc) is 2.56. The van der Waals surface area contributed by atoms with Gasteiger partial charge in [-0.3, -0.25) is 0 Å². The maximum absolute atomic E-state index is 12.3. The molecule has 0 saturated heterocycles. The number of alkyl halides is 3. The smallest absolute Gasteiger partial charge is 0.394 e. The molecule has 1 heterocycles. The summed E-state index contributed by atoms with van der Waals surface area (Å²) < 4.78 is 38.0. The van der Waals surface area contributed by atoms with Crippen LogP contribution in [0.1, 0.15) is 11.6 Å². The Morgan fingerprint density at radius 2 is 2.12 bits per heavy atom. The monoisotopic (exact) mass is 269 g/mol. The van der Waals surface area contributed by atoms with Gasteiger partial charge in [-0.15, -0.1) is 0 Å². The molecule has 0 amide bonds. The zero-order chi connectivity index (χ0) is 12.9. The number of hydrogen-bond donors (Lipinski definition) is 1. The lowest BCUT2D eigenvalue weighted by molar-refractivity contribution is -0.129. The van der Waals surface area contributed by atoms with Crippen molar-refractivity contribution in [1.29, 1.82) is 0 Å². The van der Waals surface area contributed by atoms with Crippen molar-refractivity contribution < 1.29 is 18.3 Å². The molecule has 0 aliphatic heterocycles. The van der Waals surface area contributed by atoms with Gasteiger partial charge in [-0.25, -0.2) is 9.67 Å². The van der Waals surface area contributed by atoms with E-state index < -0.39 is 12.6 Å². The van der Waals surface area contributed by atoms with E-state index in [2.05, 4.69) is 10.1 Å². The minimum atomic E-state index is -4.31. The molecule has 0 atom stereocenters. The topological polar surface area (TPSA) is 50.9 Å². The van der Waals surface area contributed by atoms with Crippen molar-refractivity contribution in [2.24, 2.45) is 0 Å². The number of aryl methyl sites for hydroxylation is 1. The van der Waals surface area contributed by atoms with Gasteiger partial charge in [0.05, 0.1) is 13.2 Å². The Morgan fingerprint density at radius 3 is 2.65 bits per heavy atom. The van der Waals surface area contributed by atoms with Crippen LogP contribution >= 0.6 is 11.8 Å². The lowest BCUT2D eigenvalue weighted by Gasteiger charge is -2.06. The first-order valence-electron chi connectivity index (χ1n) is 5.05. The van der Waals surface area contributed by atoms with E-state index in [1.165, 1.54) is 0 Å².